The van der Waals surface area contributed by atoms with Gasteiger partial charge in [-0.15, -0.1) is 11.6 Å². The second-order valence-corrected chi connectivity index (χ2v) is 7.03. The van der Waals surface area contributed by atoms with Crippen LogP contribution >= 0.6 is 11.6 Å². The van der Waals surface area contributed by atoms with E-state index in [9.17, 15) is 8.42 Å². The average Bonchev–Trinajstić information content (AvgIpc) is 2.30. The van der Waals surface area contributed by atoms with Crippen molar-refractivity contribution in [3.63, 3.8) is 0 Å². The molecule has 0 amide bonds. The molecule has 0 aromatic heterocycles. The van der Waals surface area contributed by atoms with Crippen molar-refractivity contribution in [2.75, 3.05) is 5.75 Å². The standard InChI is InChI=1S/C13H19ClO2S/c1-3-5-12(14)10-11-6-8-13(9-7-11)17(15,16)4-2/h6-9,12H,3-5,10H2,1-2H3. The van der Waals surface area contributed by atoms with Crippen molar-refractivity contribution in [1.82, 2.24) is 0 Å². The molecule has 4 heteroatoms. The lowest BCUT2D eigenvalue weighted by atomic mass is 10.1. The van der Waals surface area contributed by atoms with Gasteiger partial charge in [0.05, 0.1) is 10.6 Å². The van der Waals surface area contributed by atoms with Gasteiger partial charge in [-0.3, -0.25) is 0 Å². The van der Waals surface area contributed by atoms with Crippen LogP contribution in [-0.2, 0) is 16.3 Å². The van der Waals surface area contributed by atoms with E-state index in [1.807, 2.05) is 12.1 Å². The first-order chi connectivity index (χ1) is 7.99. The maximum atomic E-state index is 11.6. The molecule has 0 aliphatic carbocycles. The number of sulfone groups is 1. The number of halogens is 1. The highest BCUT2D eigenvalue weighted by Gasteiger charge is 2.11. The Morgan fingerprint density at radius 1 is 1.18 bits per heavy atom. The quantitative estimate of drug-likeness (QED) is 0.745. The van der Waals surface area contributed by atoms with E-state index in [0.29, 0.717) is 4.90 Å². The first-order valence-electron chi connectivity index (χ1n) is 5.95. The zero-order chi connectivity index (χ0) is 12.9. The molecule has 0 radical (unpaired) electrons. The molecular formula is C13H19ClO2S. The molecule has 2 nitrogen and oxygen atoms in total. The predicted octanol–water partition coefficient (Wildman–Crippen LogP) is 3.43. The van der Waals surface area contributed by atoms with Gasteiger partial charge in [-0.1, -0.05) is 32.4 Å². The lowest BCUT2D eigenvalue weighted by molar-refractivity contribution is 0.597. The summed E-state index contributed by atoms with van der Waals surface area (Å²) in [6.45, 7) is 3.76. The maximum Gasteiger partial charge on any atom is 0.178 e. The zero-order valence-corrected chi connectivity index (χ0v) is 11.9. The van der Waals surface area contributed by atoms with Crippen LogP contribution in [0.15, 0.2) is 29.2 Å². The van der Waals surface area contributed by atoms with E-state index in [1.165, 1.54) is 0 Å². The molecular weight excluding hydrogens is 256 g/mol. The molecule has 0 bridgehead atoms. The Hall–Kier alpha value is -0.540. The Morgan fingerprint density at radius 2 is 1.76 bits per heavy atom. The summed E-state index contributed by atoms with van der Waals surface area (Å²) in [6, 6.07) is 7.05. The van der Waals surface area contributed by atoms with Crippen molar-refractivity contribution < 1.29 is 8.42 Å². The Balaban J connectivity index is 2.75. The fourth-order valence-corrected chi connectivity index (χ4v) is 2.95. The zero-order valence-electron chi connectivity index (χ0n) is 10.3. The van der Waals surface area contributed by atoms with Crippen molar-refractivity contribution in [2.24, 2.45) is 0 Å². The summed E-state index contributed by atoms with van der Waals surface area (Å²) in [5.74, 6) is 0.139. The Morgan fingerprint density at radius 3 is 2.24 bits per heavy atom. The normalized spacial score (nSPS) is 13.6. The third-order valence-corrected chi connectivity index (χ3v) is 4.84. The van der Waals surface area contributed by atoms with Crippen LogP contribution in [0.3, 0.4) is 0 Å². The van der Waals surface area contributed by atoms with Crippen LogP contribution in [0, 0.1) is 0 Å². The third kappa shape index (κ3) is 4.32. The fraction of sp³-hybridized carbons (Fsp3) is 0.538. The fourth-order valence-electron chi connectivity index (χ4n) is 1.67. The van der Waals surface area contributed by atoms with Crippen LogP contribution in [0.5, 0.6) is 0 Å². The summed E-state index contributed by atoms with van der Waals surface area (Å²) >= 11 is 6.15. The van der Waals surface area contributed by atoms with E-state index in [4.69, 9.17) is 11.6 Å². The van der Waals surface area contributed by atoms with E-state index in [-0.39, 0.29) is 11.1 Å². The molecule has 96 valence electrons. The number of hydrogen-bond donors (Lipinski definition) is 0. The maximum absolute atomic E-state index is 11.6. The highest BCUT2D eigenvalue weighted by atomic mass is 35.5. The van der Waals surface area contributed by atoms with E-state index in [1.54, 1.807) is 19.1 Å². The van der Waals surface area contributed by atoms with Crippen molar-refractivity contribution in [1.29, 1.82) is 0 Å². The Bertz CT molecular complexity index is 437. The second-order valence-electron chi connectivity index (χ2n) is 4.14. The van der Waals surface area contributed by atoms with Crippen LogP contribution in [0.25, 0.3) is 0 Å². The first-order valence-corrected chi connectivity index (χ1v) is 8.04. The van der Waals surface area contributed by atoms with Gasteiger partial charge in [0.15, 0.2) is 9.84 Å². The highest BCUT2D eigenvalue weighted by Crippen LogP contribution is 2.16. The van der Waals surface area contributed by atoms with Crippen LogP contribution < -0.4 is 0 Å². The highest BCUT2D eigenvalue weighted by molar-refractivity contribution is 7.91. The topological polar surface area (TPSA) is 34.1 Å². The summed E-state index contributed by atoms with van der Waals surface area (Å²) in [7, 11) is -3.09. The van der Waals surface area contributed by atoms with Crippen LogP contribution in [-0.4, -0.2) is 19.5 Å². The minimum atomic E-state index is -3.09. The van der Waals surface area contributed by atoms with E-state index in [2.05, 4.69) is 6.92 Å². The van der Waals surface area contributed by atoms with Gasteiger partial charge in [0, 0.05) is 5.38 Å². The van der Waals surface area contributed by atoms with Gasteiger partial charge in [-0.2, -0.15) is 0 Å². The molecule has 0 aliphatic heterocycles. The number of hydrogen-bond acceptors (Lipinski definition) is 2. The molecule has 17 heavy (non-hydrogen) atoms. The molecule has 0 saturated heterocycles. The second kappa shape index (κ2) is 6.41. The number of alkyl halides is 1. The predicted molar refractivity (Wildman–Crippen MR) is 72.4 cm³/mol. The molecule has 1 aromatic rings. The van der Waals surface area contributed by atoms with Gasteiger partial charge in [-0.05, 0) is 30.5 Å². The molecule has 0 fully saturated rings. The summed E-state index contributed by atoms with van der Waals surface area (Å²) in [6.07, 6.45) is 2.84. The van der Waals surface area contributed by atoms with Gasteiger partial charge >= 0.3 is 0 Å². The molecule has 0 heterocycles. The van der Waals surface area contributed by atoms with Gasteiger partial charge < -0.3 is 0 Å². The smallest absolute Gasteiger partial charge is 0.178 e. The van der Waals surface area contributed by atoms with Gasteiger partial charge in [0.1, 0.15) is 0 Å². The van der Waals surface area contributed by atoms with Crippen LogP contribution in [0.1, 0.15) is 32.3 Å². The number of benzene rings is 1. The van der Waals surface area contributed by atoms with Crippen molar-refractivity contribution in [2.45, 2.75) is 43.4 Å². The van der Waals surface area contributed by atoms with Gasteiger partial charge in [0.2, 0.25) is 0 Å². The monoisotopic (exact) mass is 274 g/mol. The molecule has 0 aliphatic rings. The van der Waals surface area contributed by atoms with Crippen LogP contribution in [0.2, 0.25) is 0 Å². The Labute approximate surface area is 109 Å². The minimum absolute atomic E-state index is 0.133. The first kappa shape index (κ1) is 14.5. The van der Waals surface area contributed by atoms with Crippen LogP contribution in [0.4, 0.5) is 0 Å². The van der Waals surface area contributed by atoms with E-state index < -0.39 is 9.84 Å². The molecule has 1 aromatic carbocycles. The SMILES string of the molecule is CCCC(Cl)Cc1ccc(S(=O)(=O)CC)cc1. The summed E-state index contributed by atoms with van der Waals surface area (Å²) < 4.78 is 23.2. The lowest BCUT2D eigenvalue weighted by Crippen LogP contribution is -2.05. The Kier molecular flexibility index (Phi) is 5.47. The van der Waals surface area contributed by atoms with Gasteiger partial charge in [0.25, 0.3) is 0 Å². The molecule has 0 spiro atoms. The summed E-state index contributed by atoms with van der Waals surface area (Å²) in [5, 5.41) is 0.133. The largest absolute Gasteiger partial charge is 0.224 e. The van der Waals surface area contributed by atoms with Crippen molar-refractivity contribution in [3.05, 3.63) is 29.8 Å². The summed E-state index contributed by atoms with van der Waals surface area (Å²) in [5.41, 5.74) is 1.09. The minimum Gasteiger partial charge on any atom is -0.224 e. The van der Waals surface area contributed by atoms with Gasteiger partial charge in [-0.25, -0.2) is 8.42 Å². The van der Waals surface area contributed by atoms with E-state index in [0.717, 1.165) is 24.8 Å². The molecule has 0 saturated carbocycles. The molecule has 1 atom stereocenters. The lowest BCUT2D eigenvalue weighted by Gasteiger charge is -2.08. The third-order valence-electron chi connectivity index (χ3n) is 2.72. The average molecular weight is 275 g/mol. The summed E-state index contributed by atoms with van der Waals surface area (Å²) in [4.78, 5) is 0.394. The van der Waals surface area contributed by atoms with E-state index >= 15 is 0 Å². The van der Waals surface area contributed by atoms with Crippen molar-refractivity contribution >= 4 is 21.4 Å². The molecule has 1 rings (SSSR count). The molecule has 0 N–H and O–H groups in total. The molecule has 1 unspecified atom stereocenters. The number of rotatable bonds is 6. The van der Waals surface area contributed by atoms with Crippen molar-refractivity contribution in [3.8, 4) is 0 Å².